The molecule has 1 N–H and O–H groups in total. The van der Waals surface area contributed by atoms with Crippen molar-refractivity contribution in [1.82, 2.24) is 10.2 Å². The van der Waals surface area contributed by atoms with Crippen molar-refractivity contribution in [2.24, 2.45) is 0 Å². The maximum absolute atomic E-state index is 11.7. The summed E-state index contributed by atoms with van der Waals surface area (Å²) < 4.78 is 4.94. The molecule has 2 atom stereocenters. The Morgan fingerprint density at radius 3 is 2.82 bits per heavy atom. The van der Waals surface area contributed by atoms with Crippen LogP contribution >= 0.6 is 0 Å². The predicted octanol–water partition coefficient (Wildman–Crippen LogP) is 0.506. The molecule has 5 nitrogen and oxygen atoms in total. The minimum atomic E-state index is -0.470. The Morgan fingerprint density at radius 2 is 2.06 bits per heavy atom. The molecule has 0 aliphatic carbocycles. The Kier molecular flexibility index (Phi) is 2.24. The van der Waals surface area contributed by atoms with Gasteiger partial charge in [-0.1, -0.05) is 30.3 Å². The van der Waals surface area contributed by atoms with E-state index in [-0.39, 0.29) is 24.6 Å². The molecule has 1 aromatic carbocycles. The lowest BCUT2D eigenvalue weighted by Crippen LogP contribution is -2.38. The fourth-order valence-corrected chi connectivity index (χ4v) is 2.30. The van der Waals surface area contributed by atoms with Crippen LogP contribution in [0.2, 0.25) is 0 Å². The number of hydrogen-bond donors (Lipinski definition) is 1. The zero-order chi connectivity index (χ0) is 11.8. The van der Waals surface area contributed by atoms with Crippen LogP contribution in [0, 0.1) is 0 Å². The molecule has 5 heteroatoms. The molecule has 0 spiro atoms. The number of benzene rings is 1. The van der Waals surface area contributed by atoms with E-state index in [2.05, 4.69) is 5.32 Å². The average molecular weight is 232 g/mol. The molecule has 2 fully saturated rings. The molecule has 0 radical (unpaired) electrons. The molecule has 2 unspecified atom stereocenters. The van der Waals surface area contributed by atoms with Gasteiger partial charge in [0.15, 0.2) is 6.04 Å². The number of cyclic esters (lactones) is 1. The highest BCUT2D eigenvalue weighted by Gasteiger charge is 2.49. The second kappa shape index (κ2) is 3.76. The SMILES string of the molecule is O=C1OCC2NC(=O)N(Cc3ccccc3)C12. The molecule has 88 valence electrons. The normalized spacial score (nSPS) is 26.7. The van der Waals surface area contributed by atoms with E-state index in [1.54, 1.807) is 0 Å². The Labute approximate surface area is 98.4 Å². The molecular formula is C12H12N2O3. The molecule has 2 amide bonds. The number of esters is 1. The van der Waals surface area contributed by atoms with Crippen LogP contribution in [0.25, 0.3) is 0 Å². The van der Waals surface area contributed by atoms with Crippen LogP contribution in [0.15, 0.2) is 30.3 Å². The van der Waals surface area contributed by atoms with E-state index >= 15 is 0 Å². The summed E-state index contributed by atoms with van der Waals surface area (Å²) in [5, 5.41) is 2.76. The third kappa shape index (κ3) is 1.63. The highest BCUT2D eigenvalue weighted by molar-refractivity contribution is 5.90. The van der Waals surface area contributed by atoms with Gasteiger partial charge in [0.1, 0.15) is 6.61 Å². The van der Waals surface area contributed by atoms with Crippen LogP contribution < -0.4 is 5.32 Å². The van der Waals surface area contributed by atoms with Gasteiger partial charge >= 0.3 is 12.0 Å². The first kappa shape index (κ1) is 10.1. The van der Waals surface area contributed by atoms with Gasteiger partial charge in [0.25, 0.3) is 0 Å². The third-order valence-electron chi connectivity index (χ3n) is 3.13. The summed E-state index contributed by atoms with van der Waals surface area (Å²) in [7, 11) is 0. The number of amides is 2. The highest BCUT2D eigenvalue weighted by atomic mass is 16.5. The van der Waals surface area contributed by atoms with Gasteiger partial charge in [-0.05, 0) is 5.56 Å². The van der Waals surface area contributed by atoms with Crippen molar-refractivity contribution in [3.05, 3.63) is 35.9 Å². The van der Waals surface area contributed by atoms with Crippen molar-refractivity contribution in [3.63, 3.8) is 0 Å². The monoisotopic (exact) mass is 232 g/mol. The topological polar surface area (TPSA) is 58.6 Å². The number of ether oxygens (including phenoxy) is 1. The summed E-state index contributed by atoms with van der Waals surface area (Å²) in [4.78, 5) is 24.8. The Balaban J connectivity index is 1.82. The first-order valence-corrected chi connectivity index (χ1v) is 5.53. The maximum atomic E-state index is 11.7. The summed E-state index contributed by atoms with van der Waals surface area (Å²) in [6.45, 7) is 0.712. The minimum absolute atomic E-state index is 0.194. The zero-order valence-electron chi connectivity index (χ0n) is 9.13. The molecule has 17 heavy (non-hydrogen) atoms. The lowest BCUT2D eigenvalue weighted by atomic mass is 10.1. The summed E-state index contributed by atoms with van der Waals surface area (Å²) >= 11 is 0. The minimum Gasteiger partial charge on any atom is -0.462 e. The van der Waals surface area contributed by atoms with Gasteiger partial charge in [-0.2, -0.15) is 0 Å². The zero-order valence-corrected chi connectivity index (χ0v) is 9.13. The van der Waals surface area contributed by atoms with Gasteiger partial charge < -0.3 is 15.0 Å². The number of fused-ring (bicyclic) bond motifs is 1. The van der Waals surface area contributed by atoms with Gasteiger partial charge in [-0.3, -0.25) is 0 Å². The van der Waals surface area contributed by atoms with Crippen LogP contribution in [-0.4, -0.2) is 35.6 Å². The summed E-state index contributed by atoms with van der Waals surface area (Å²) in [6, 6.07) is 8.74. The second-order valence-electron chi connectivity index (χ2n) is 4.24. The molecule has 0 saturated carbocycles. The van der Waals surface area contributed by atoms with E-state index in [1.807, 2.05) is 30.3 Å². The van der Waals surface area contributed by atoms with Gasteiger partial charge in [-0.25, -0.2) is 9.59 Å². The molecule has 3 rings (SSSR count). The molecule has 0 aromatic heterocycles. The van der Waals surface area contributed by atoms with E-state index < -0.39 is 6.04 Å². The van der Waals surface area contributed by atoms with E-state index in [1.165, 1.54) is 4.90 Å². The van der Waals surface area contributed by atoms with Crippen molar-refractivity contribution >= 4 is 12.0 Å². The fourth-order valence-electron chi connectivity index (χ4n) is 2.30. The first-order valence-electron chi connectivity index (χ1n) is 5.53. The van der Waals surface area contributed by atoms with Crippen molar-refractivity contribution in [1.29, 1.82) is 0 Å². The quantitative estimate of drug-likeness (QED) is 0.756. The average Bonchev–Trinajstić information content (AvgIpc) is 2.83. The van der Waals surface area contributed by atoms with E-state index in [0.717, 1.165) is 5.56 Å². The number of urea groups is 1. The molecule has 0 bridgehead atoms. The molecular weight excluding hydrogens is 220 g/mol. The van der Waals surface area contributed by atoms with Crippen LogP contribution in [0.5, 0.6) is 0 Å². The molecule has 2 aliphatic rings. The number of hydrogen-bond acceptors (Lipinski definition) is 3. The summed E-state index contributed by atoms with van der Waals surface area (Å²) in [5.74, 6) is -0.315. The molecule has 2 heterocycles. The van der Waals surface area contributed by atoms with E-state index in [0.29, 0.717) is 6.54 Å². The molecule has 1 aromatic rings. The van der Waals surface area contributed by atoms with Gasteiger partial charge in [0, 0.05) is 6.54 Å². The number of carbonyl (C=O) groups excluding carboxylic acids is 2. The van der Waals surface area contributed by atoms with Gasteiger partial charge in [0.05, 0.1) is 6.04 Å². The predicted molar refractivity (Wildman–Crippen MR) is 59.1 cm³/mol. The van der Waals surface area contributed by atoms with Crippen LogP contribution in [0.3, 0.4) is 0 Å². The van der Waals surface area contributed by atoms with Crippen LogP contribution in [0.1, 0.15) is 5.56 Å². The standard InChI is InChI=1S/C12H12N2O3/c15-11-10-9(7-17-11)13-12(16)14(10)6-8-4-2-1-3-5-8/h1-5,9-10H,6-7H2,(H,13,16). The fraction of sp³-hybridized carbons (Fsp3) is 0.333. The van der Waals surface area contributed by atoms with E-state index in [9.17, 15) is 9.59 Å². The molecule has 2 saturated heterocycles. The van der Waals surface area contributed by atoms with Crippen molar-refractivity contribution in [2.75, 3.05) is 6.61 Å². The van der Waals surface area contributed by atoms with Crippen molar-refractivity contribution in [3.8, 4) is 0 Å². The van der Waals surface area contributed by atoms with E-state index in [4.69, 9.17) is 4.74 Å². The number of nitrogens with one attached hydrogen (secondary N) is 1. The van der Waals surface area contributed by atoms with Crippen LogP contribution in [0.4, 0.5) is 4.79 Å². The van der Waals surface area contributed by atoms with Crippen molar-refractivity contribution in [2.45, 2.75) is 18.6 Å². The Hall–Kier alpha value is -2.04. The summed E-state index contributed by atoms with van der Waals surface area (Å²) in [6.07, 6.45) is 0. The van der Waals surface area contributed by atoms with Crippen molar-refractivity contribution < 1.29 is 14.3 Å². The lowest BCUT2D eigenvalue weighted by molar-refractivity contribution is -0.141. The Morgan fingerprint density at radius 1 is 1.29 bits per heavy atom. The maximum Gasteiger partial charge on any atom is 0.331 e. The molecule has 2 aliphatic heterocycles. The number of carbonyl (C=O) groups is 2. The highest BCUT2D eigenvalue weighted by Crippen LogP contribution is 2.23. The second-order valence-corrected chi connectivity index (χ2v) is 4.24. The van der Waals surface area contributed by atoms with Crippen LogP contribution in [-0.2, 0) is 16.1 Å². The van der Waals surface area contributed by atoms with Gasteiger partial charge in [-0.15, -0.1) is 0 Å². The Bertz CT molecular complexity index is 460. The lowest BCUT2D eigenvalue weighted by Gasteiger charge is -2.19. The number of rotatable bonds is 2. The smallest absolute Gasteiger partial charge is 0.331 e. The first-order chi connectivity index (χ1) is 8.25. The number of nitrogens with zero attached hydrogens (tertiary/aromatic N) is 1. The van der Waals surface area contributed by atoms with Gasteiger partial charge in [0.2, 0.25) is 0 Å². The third-order valence-corrected chi connectivity index (χ3v) is 3.13. The summed E-state index contributed by atoms with van der Waals surface area (Å²) in [5.41, 5.74) is 1.00. The largest absolute Gasteiger partial charge is 0.462 e.